The highest BCUT2D eigenvalue weighted by Gasteiger charge is 2.25. The number of benzene rings is 1. The quantitative estimate of drug-likeness (QED) is 0.477. The van der Waals surface area contributed by atoms with Crippen LogP contribution >= 0.6 is 22.6 Å². The molecular weight excluding hydrogens is 307 g/mol. The summed E-state index contributed by atoms with van der Waals surface area (Å²) in [6.07, 6.45) is 1.12. The molecule has 0 saturated carbocycles. The van der Waals surface area contributed by atoms with Crippen LogP contribution in [0.4, 0.5) is 4.79 Å². The van der Waals surface area contributed by atoms with E-state index < -0.39 is 6.16 Å². The van der Waals surface area contributed by atoms with Gasteiger partial charge in [-0.25, -0.2) is 4.79 Å². The first kappa shape index (κ1) is 10.7. The molecule has 3 nitrogen and oxygen atoms in total. The molecule has 0 heterocycles. The molecule has 1 aliphatic rings. The van der Waals surface area contributed by atoms with Crippen LogP contribution in [0.5, 0.6) is 0 Å². The molecule has 1 aliphatic carbocycles. The molecule has 0 aromatic heterocycles. The Bertz CT molecular complexity index is 365. The minimum Gasteiger partial charge on any atom is -0.426 e. The summed E-state index contributed by atoms with van der Waals surface area (Å²) in [5.41, 5.74) is 2.38. The van der Waals surface area contributed by atoms with Gasteiger partial charge in [-0.05, 0) is 46.6 Å². The van der Waals surface area contributed by atoms with Crippen molar-refractivity contribution in [1.82, 2.24) is 0 Å². The fourth-order valence-corrected chi connectivity index (χ4v) is 2.09. The van der Waals surface area contributed by atoms with E-state index >= 15 is 0 Å². The molecule has 0 saturated heterocycles. The minimum atomic E-state index is -0.578. The van der Waals surface area contributed by atoms with Crippen molar-refractivity contribution >= 4 is 28.7 Å². The first-order valence-electron chi connectivity index (χ1n) is 4.78. The van der Waals surface area contributed by atoms with Crippen LogP contribution in [-0.4, -0.2) is 10.8 Å². The molecule has 1 aromatic rings. The summed E-state index contributed by atoms with van der Waals surface area (Å²) in [5, 5.41) is 0. The summed E-state index contributed by atoms with van der Waals surface area (Å²) < 4.78 is 10.3. The minimum absolute atomic E-state index is 0.128. The lowest BCUT2D eigenvalue weighted by Gasteiger charge is -2.12. The fraction of sp³-hybridized carbons (Fsp3) is 0.364. The molecule has 0 spiro atoms. The van der Waals surface area contributed by atoms with E-state index in [0.717, 1.165) is 18.4 Å². The second-order valence-corrected chi connectivity index (χ2v) is 3.97. The summed E-state index contributed by atoms with van der Waals surface area (Å²) >= 11 is 1.97. The Labute approximate surface area is 102 Å². The van der Waals surface area contributed by atoms with Gasteiger partial charge < -0.3 is 9.47 Å². The Morgan fingerprint density at radius 3 is 3.07 bits per heavy atom. The van der Waals surface area contributed by atoms with Crippen molar-refractivity contribution < 1.29 is 14.3 Å². The van der Waals surface area contributed by atoms with Gasteiger partial charge in [-0.2, -0.15) is 0 Å². The van der Waals surface area contributed by atoms with E-state index in [1.165, 1.54) is 5.56 Å². The predicted octanol–water partition coefficient (Wildman–Crippen LogP) is 3.22. The molecule has 0 aliphatic heterocycles. The largest absolute Gasteiger partial charge is 0.509 e. The number of hydrogen-bond donors (Lipinski definition) is 0. The van der Waals surface area contributed by atoms with Gasteiger partial charge in [-0.15, -0.1) is 0 Å². The van der Waals surface area contributed by atoms with E-state index in [4.69, 9.17) is 9.47 Å². The second kappa shape index (κ2) is 4.83. The normalized spacial score (nSPS) is 18.3. The molecule has 2 rings (SSSR count). The average Bonchev–Trinajstić information content (AvgIpc) is 2.62. The van der Waals surface area contributed by atoms with Gasteiger partial charge in [0.15, 0.2) is 0 Å². The highest BCUT2D eigenvalue weighted by Crippen LogP contribution is 2.33. The summed E-state index contributed by atoms with van der Waals surface area (Å²) in [6.45, 7) is 0. The molecule has 4 heteroatoms. The molecule has 0 unspecified atom stereocenters. The molecule has 0 radical (unpaired) electrons. The van der Waals surface area contributed by atoms with Gasteiger partial charge >= 0.3 is 6.16 Å². The van der Waals surface area contributed by atoms with Crippen LogP contribution in [0, 0.1) is 0 Å². The number of carbonyl (C=O) groups excluding carboxylic acids is 1. The Morgan fingerprint density at radius 2 is 2.27 bits per heavy atom. The molecule has 80 valence electrons. The van der Waals surface area contributed by atoms with Crippen LogP contribution in [0.15, 0.2) is 24.3 Å². The van der Waals surface area contributed by atoms with Gasteiger partial charge in [-0.3, -0.25) is 0 Å². The van der Waals surface area contributed by atoms with Gasteiger partial charge in [0, 0.05) is 0 Å². The summed E-state index contributed by atoms with van der Waals surface area (Å²) in [5.74, 6) is 0. The fourth-order valence-electron chi connectivity index (χ4n) is 1.84. The molecule has 1 aromatic carbocycles. The van der Waals surface area contributed by atoms with Crippen LogP contribution in [-0.2, 0) is 15.9 Å². The zero-order valence-corrected chi connectivity index (χ0v) is 10.3. The third-order valence-electron chi connectivity index (χ3n) is 2.49. The van der Waals surface area contributed by atoms with Gasteiger partial charge in [0.05, 0.1) is 0 Å². The molecule has 0 fully saturated rings. The van der Waals surface area contributed by atoms with Gasteiger partial charge in [0.1, 0.15) is 10.7 Å². The van der Waals surface area contributed by atoms with E-state index in [-0.39, 0.29) is 6.10 Å². The van der Waals surface area contributed by atoms with Crippen molar-refractivity contribution in [3.05, 3.63) is 35.4 Å². The Morgan fingerprint density at radius 1 is 1.47 bits per heavy atom. The summed E-state index contributed by atoms with van der Waals surface area (Å²) in [6, 6.07) is 8.04. The van der Waals surface area contributed by atoms with Gasteiger partial charge in [-0.1, -0.05) is 24.3 Å². The molecule has 0 bridgehead atoms. The van der Waals surface area contributed by atoms with Crippen molar-refractivity contribution in [2.24, 2.45) is 0 Å². The van der Waals surface area contributed by atoms with E-state index in [9.17, 15) is 4.79 Å². The Kier molecular flexibility index (Phi) is 3.45. The van der Waals surface area contributed by atoms with Crippen LogP contribution in [0.3, 0.4) is 0 Å². The van der Waals surface area contributed by atoms with Crippen molar-refractivity contribution in [2.75, 3.05) is 4.61 Å². The number of aryl methyl sites for hydroxylation is 1. The van der Waals surface area contributed by atoms with E-state index in [0.29, 0.717) is 4.61 Å². The highest BCUT2D eigenvalue weighted by molar-refractivity contribution is 14.1. The molecule has 0 N–H and O–H groups in total. The van der Waals surface area contributed by atoms with Crippen LogP contribution < -0.4 is 0 Å². The van der Waals surface area contributed by atoms with Crippen molar-refractivity contribution in [1.29, 1.82) is 0 Å². The monoisotopic (exact) mass is 318 g/mol. The maximum Gasteiger partial charge on any atom is 0.509 e. The topological polar surface area (TPSA) is 35.5 Å². The van der Waals surface area contributed by atoms with E-state index in [1.54, 1.807) is 0 Å². The number of rotatable bonds is 2. The molecule has 15 heavy (non-hydrogen) atoms. The Hall–Kier alpha value is -0.780. The van der Waals surface area contributed by atoms with Crippen LogP contribution in [0.2, 0.25) is 0 Å². The zero-order valence-electron chi connectivity index (χ0n) is 8.11. The summed E-state index contributed by atoms with van der Waals surface area (Å²) in [4.78, 5) is 11.2. The average molecular weight is 318 g/mol. The number of ether oxygens (including phenoxy) is 2. The maximum absolute atomic E-state index is 11.2. The van der Waals surface area contributed by atoms with Crippen molar-refractivity contribution in [3.8, 4) is 0 Å². The summed E-state index contributed by atoms with van der Waals surface area (Å²) in [7, 11) is 0. The zero-order chi connectivity index (χ0) is 10.7. The van der Waals surface area contributed by atoms with Crippen LogP contribution in [0.25, 0.3) is 0 Å². The van der Waals surface area contributed by atoms with Gasteiger partial charge in [0.2, 0.25) is 0 Å². The maximum atomic E-state index is 11.2. The highest BCUT2D eigenvalue weighted by atomic mass is 127. The number of halogens is 1. The standard InChI is InChI=1S/C11H11IO3/c12-7-14-11(13)15-10-6-5-8-3-1-2-4-9(8)10/h1-4,10H,5-7H2/t10-/m1/s1. The predicted molar refractivity (Wildman–Crippen MR) is 64.0 cm³/mol. The van der Waals surface area contributed by atoms with Gasteiger partial charge in [0.25, 0.3) is 0 Å². The lowest BCUT2D eigenvalue weighted by atomic mass is 10.1. The third kappa shape index (κ3) is 2.42. The third-order valence-corrected chi connectivity index (χ3v) is 2.80. The lowest BCUT2D eigenvalue weighted by molar-refractivity contribution is 0.0354. The van der Waals surface area contributed by atoms with Crippen LogP contribution in [0.1, 0.15) is 23.7 Å². The number of hydrogen-bond acceptors (Lipinski definition) is 3. The van der Waals surface area contributed by atoms with E-state index in [1.807, 2.05) is 40.8 Å². The van der Waals surface area contributed by atoms with Crippen molar-refractivity contribution in [2.45, 2.75) is 18.9 Å². The SMILES string of the molecule is O=C(OCI)O[C@@H]1CCc2ccccc21. The van der Waals surface area contributed by atoms with Crippen molar-refractivity contribution in [3.63, 3.8) is 0 Å². The second-order valence-electron chi connectivity index (χ2n) is 3.35. The molecule has 0 amide bonds. The van der Waals surface area contributed by atoms with E-state index in [2.05, 4.69) is 6.07 Å². The smallest absolute Gasteiger partial charge is 0.426 e. The number of alkyl halides is 1. The first-order valence-corrected chi connectivity index (χ1v) is 6.31. The number of carbonyl (C=O) groups is 1. The first-order chi connectivity index (χ1) is 7.31. The Balaban J connectivity index is 2.04. The number of fused-ring (bicyclic) bond motifs is 1. The molecular formula is C11H11IO3. The molecule has 1 atom stereocenters. The lowest BCUT2D eigenvalue weighted by Crippen LogP contribution is -2.10.